The Kier molecular flexibility index (Phi) is 4.39. The number of alkyl halides is 1. The highest BCUT2D eigenvalue weighted by molar-refractivity contribution is 9.10. The summed E-state index contributed by atoms with van der Waals surface area (Å²) in [5, 5.41) is 0.736. The summed E-state index contributed by atoms with van der Waals surface area (Å²) < 4.78 is 6.65. The van der Waals surface area contributed by atoms with E-state index in [2.05, 4.69) is 56.1 Å². The number of ether oxygens (including phenoxy) is 1. The van der Waals surface area contributed by atoms with Gasteiger partial charge in [0, 0.05) is 9.50 Å². The molecule has 0 fully saturated rings. The van der Waals surface area contributed by atoms with Crippen molar-refractivity contribution in [3.63, 3.8) is 0 Å². The van der Waals surface area contributed by atoms with Crippen molar-refractivity contribution >= 4 is 43.5 Å². The van der Waals surface area contributed by atoms with Gasteiger partial charge in [-0.3, -0.25) is 0 Å². The zero-order valence-corrected chi connectivity index (χ0v) is 14.6. The average Bonchev–Trinajstić information content (AvgIpc) is 2.45. The van der Waals surface area contributed by atoms with Gasteiger partial charge in [0.1, 0.15) is 5.75 Å². The molecule has 0 saturated heterocycles. The Morgan fingerprint density at radius 1 is 1.10 bits per heavy atom. The first kappa shape index (κ1) is 14.4. The lowest BCUT2D eigenvalue weighted by atomic mass is 9.99. The van der Waals surface area contributed by atoms with Crippen molar-refractivity contribution in [1.82, 2.24) is 0 Å². The summed E-state index contributed by atoms with van der Waals surface area (Å²) in [6.45, 7) is 0.825. The molecule has 0 N–H and O–H groups in total. The summed E-state index contributed by atoms with van der Waals surface area (Å²) in [6.07, 6.45) is 2.17. The number of halogens is 3. The molecule has 1 aliphatic rings. The van der Waals surface area contributed by atoms with Crippen LogP contribution in [0.25, 0.3) is 0 Å². The van der Waals surface area contributed by atoms with E-state index in [4.69, 9.17) is 16.3 Å². The smallest absolute Gasteiger partial charge is 0.122 e. The molecular formula is C16H13Br2ClO. The minimum absolute atomic E-state index is 0.129. The van der Waals surface area contributed by atoms with Gasteiger partial charge in [0.15, 0.2) is 0 Å². The van der Waals surface area contributed by atoms with Gasteiger partial charge in [0.2, 0.25) is 0 Å². The van der Waals surface area contributed by atoms with Crippen molar-refractivity contribution in [3.05, 3.63) is 62.6 Å². The Morgan fingerprint density at radius 3 is 2.75 bits per heavy atom. The van der Waals surface area contributed by atoms with Crippen molar-refractivity contribution in [3.8, 4) is 5.75 Å². The summed E-state index contributed by atoms with van der Waals surface area (Å²) in [4.78, 5) is 0.129. The molecule has 1 unspecified atom stereocenters. The molecule has 1 heterocycles. The summed E-state index contributed by atoms with van der Waals surface area (Å²) in [6, 6.07) is 12.4. The molecular weight excluding hydrogens is 403 g/mol. The van der Waals surface area contributed by atoms with Crippen LogP contribution in [-0.4, -0.2) is 6.61 Å². The summed E-state index contributed by atoms with van der Waals surface area (Å²) in [7, 11) is 0. The first-order valence-corrected chi connectivity index (χ1v) is 8.58. The van der Waals surface area contributed by atoms with Crippen molar-refractivity contribution in [1.29, 1.82) is 0 Å². The SMILES string of the molecule is Clc1cc(Br)cc(C(Br)c2ccc3c(c2)CCCO3)c1. The Labute approximate surface area is 140 Å². The fourth-order valence-corrected chi connectivity index (χ4v) is 3.89. The van der Waals surface area contributed by atoms with Crippen LogP contribution in [0.2, 0.25) is 5.02 Å². The van der Waals surface area contributed by atoms with E-state index in [1.807, 2.05) is 12.1 Å². The first-order valence-electron chi connectivity index (χ1n) is 6.49. The van der Waals surface area contributed by atoms with Crippen LogP contribution in [0.3, 0.4) is 0 Å². The van der Waals surface area contributed by atoms with Crippen LogP contribution < -0.4 is 4.74 Å². The van der Waals surface area contributed by atoms with Crippen molar-refractivity contribution < 1.29 is 4.74 Å². The van der Waals surface area contributed by atoms with Crippen LogP contribution >= 0.6 is 43.5 Å². The minimum atomic E-state index is 0.129. The largest absolute Gasteiger partial charge is 0.493 e. The second kappa shape index (κ2) is 6.08. The van der Waals surface area contributed by atoms with Crippen molar-refractivity contribution in [2.45, 2.75) is 17.7 Å². The van der Waals surface area contributed by atoms with E-state index in [9.17, 15) is 0 Å². The molecule has 1 atom stereocenters. The van der Waals surface area contributed by atoms with Gasteiger partial charge in [-0.2, -0.15) is 0 Å². The van der Waals surface area contributed by atoms with Gasteiger partial charge < -0.3 is 4.74 Å². The average molecular weight is 417 g/mol. The normalized spacial score (nSPS) is 15.3. The van der Waals surface area contributed by atoms with Crippen molar-refractivity contribution in [2.24, 2.45) is 0 Å². The quantitative estimate of drug-likeness (QED) is 0.553. The van der Waals surface area contributed by atoms with Crippen molar-refractivity contribution in [2.75, 3.05) is 6.61 Å². The van der Waals surface area contributed by atoms with Gasteiger partial charge in [-0.1, -0.05) is 55.6 Å². The molecule has 3 rings (SSSR count). The Balaban J connectivity index is 1.95. The number of benzene rings is 2. The van der Waals surface area contributed by atoms with Gasteiger partial charge in [0.25, 0.3) is 0 Å². The van der Waals surface area contributed by atoms with Crippen LogP contribution in [0.5, 0.6) is 5.75 Å². The van der Waals surface area contributed by atoms with E-state index >= 15 is 0 Å². The molecule has 0 aromatic heterocycles. The molecule has 1 nitrogen and oxygen atoms in total. The van der Waals surface area contributed by atoms with Gasteiger partial charge in [-0.15, -0.1) is 0 Å². The van der Waals surface area contributed by atoms with Gasteiger partial charge in [-0.25, -0.2) is 0 Å². The molecule has 2 aromatic carbocycles. The highest BCUT2D eigenvalue weighted by Crippen LogP contribution is 2.36. The number of aryl methyl sites for hydroxylation is 1. The highest BCUT2D eigenvalue weighted by Gasteiger charge is 2.16. The maximum atomic E-state index is 6.13. The minimum Gasteiger partial charge on any atom is -0.493 e. The third-order valence-corrected chi connectivity index (χ3v) is 5.14. The zero-order chi connectivity index (χ0) is 14.1. The van der Waals surface area contributed by atoms with Crippen LogP contribution in [0.4, 0.5) is 0 Å². The molecule has 104 valence electrons. The monoisotopic (exact) mass is 414 g/mol. The second-order valence-electron chi connectivity index (χ2n) is 4.88. The Hall–Kier alpha value is -0.510. The summed E-state index contributed by atoms with van der Waals surface area (Å²) in [5.41, 5.74) is 3.66. The lowest BCUT2D eigenvalue weighted by Crippen LogP contribution is -2.08. The number of hydrogen-bond acceptors (Lipinski definition) is 1. The van der Waals surface area contributed by atoms with Crippen LogP contribution in [-0.2, 0) is 6.42 Å². The predicted octanol–water partition coefficient (Wildman–Crippen LogP) is 5.91. The molecule has 1 aliphatic heterocycles. The van der Waals surface area contributed by atoms with Crippen LogP contribution in [0, 0.1) is 0 Å². The maximum absolute atomic E-state index is 6.13. The highest BCUT2D eigenvalue weighted by atomic mass is 79.9. The molecule has 0 spiro atoms. The van der Waals surface area contributed by atoms with E-state index in [0.29, 0.717) is 0 Å². The second-order valence-corrected chi connectivity index (χ2v) is 7.15. The predicted molar refractivity (Wildman–Crippen MR) is 90.2 cm³/mol. The Morgan fingerprint density at radius 2 is 1.95 bits per heavy atom. The van der Waals surface area contributed by atoms with E-state index in [1.165, 1.54) is 11.1 Å². The molecule has 0 bridgehead atoms. The molecule has 0 amide bonds. The standard InChI is InChI=1S/C16H13Br2ClO/c17-13-7-12(8-14(19)9-13)16(18)11-3-4-15-10(6-11)2-1-5-20-15/h3-4,6-9,16H,1-2,5H2. The van der Waals surface area contributed by atoms with Gasteiger partial charge in [0.05, 0.1) is 11.4 Å². The topological polar surface area (TPSA) is 9.23 Å². The fraction of sp³-hybridized carbons (Fsp3) is 0.250. The molecule has 4 heteroatoms. The number of hydrogen-bond donors (Lipinski definition) is 0. The summed E-state index contributed by atoms with van der Waals surface area (Å²) in [5.74, 6) is 1.02. The number of rotatable bonds is 2. The van der Waals surface area contributed by atoms with Gasteiger partial charge >= 0.3 is 0 Å². The zero-order valence-electron chi connectivity index (χ0n) is 10.7. The lowest BCUT2D eigenvalue weighted by molar-refractivity contribution is 0.288. The molecule has 0 saturated carbocycles. The summed E-state index contributed by atoms with van der Waals surface area (Å²) >= 11 is 13.4. The van der Waals surface area contributed by atoms with E-state index in [0.717, 1.165) is 40.3 Å². The van der Waals surface area contributed by atoms with Gasteiger partial charge in [-0.05, 0) is 53.8 Å². The molecule has 20 heavy (non-hydrogen) atoms. The number of fused-ring (bicyclic) bond motifs is 1. The molecule has 2 aromatic rings. The molecule has 0 radical (unpaired) electrons. The van der Waals surface area contributed by atoms with E-state index in [1.54, 1.807) is 0 Å². The Bertz CT molecular complexity index is 622. The van der Waals surface area contributed by atoms with E-state index < -0.39 is 0 Å². The van der Waals surface area contributed by atoms with E-state index in [-0.39, 0.29) is 4.83 Å². The first-order chi connectivity index (χ1) is 9.63. The fourth-order valence-electron chi connectivity index (χ4n) is 2.45. The van der Waals surface area contributed by atoms with Crippen LogP contribution in [0.15, 0.2) is 40.9 Å². The lowest BCUT2D eigenvalue weighted by Gasteiger charge is -2.19. The maximum Gasteiger partial charge on any atom is 0.122 e. The third-order valence-electron chi connectivity index (χ3n) is 3.40. The van der Waals surface area contributed by atoms with Crippen LogP contribution in [0.1, 0.15) is 27.9 Å². The third kappa shape index (κ3) is 3.05. The molecule has 0 aliphatic carbocycles.